The summed E-state index contributed by atoms with van der Waals surface area (Å²) in [5, 5.41) is 13.0. The summed E-state index contributed by atoms with van der Waals surface area (Å²) < 4.78 is 10.9. The minimum atomic E-state index is -0.544. The molecule has 20 heavy (non-hydrogen) atoms. The van der Waals surface area contributed by atoms with Crippen LogP contribution in [0, 0.1) is 0 Å². The number of rotatable bonds is 8. The van der Waals surface area contributed by atoms with Crippen molar-refractivity contribution in [3.63, 3.8) is 0 Å². The Kier molecular flexibility index (Phi) is 7.12. The van der Waals surface area contributed by atoms with E-state index in [1.807, 2.05) is 51.1 Å². The summed E-state index contributed by atoms with van der Waals surface area (Å²) in [5.41, 5.74) is 1.05. The molecule has 0 saturated heterocycles. The number of hydrogen-bond acceptors (Lipinski definition) is 4. The highest BCUT2D eigenvalue weighted by Crippen LogP contribution is 2.28. The van der Waals surface area contributed by atoms with Gasteiger partial charge in [-0.25, -0.2) is 0 Å². The smallest absolute Gasteiger partial charge is 0.161 e. The Morgan fingerprint density at radius 1 is 1.30 bits per heavy atom. The molecule has 0 radical (unpaired) electrons. The number of ether oxygens (including phenoxy) is 2. The topological polar surface area (TPSA) is 50.7 Å². The van der Waals surface area contributed by atoms with Gasteiger partial charge in [0.2, 0.25) is 0 Å². The minimum Gasteiger partial charge on any atom is -0.493 e. The highest BCUT2D eigenvalue weighted by Gasteiger charge is 2.09. The largest absolute Gasteiger partial charge is 0.493 e. The van der Waals surface area contributed by atoms with Gasteiger partial charge < -0.3 is 19.9 Å². The summed E-state index contributed by atoms with van der Waals surface area (Å²) in [5.74, 6) is 1.31. The van der Waals surface area contributed by atoms with E-state index in [9.17, 15) is 5.11 Å². The van der Waals surface area contributed by atoms with Gasteiger partial charge in [0.05, 0.1) is 7.11 Å². The van der Waals surface area contributed by atoms with Crippen molar-refractivity contribution in [3.8, 4) is 11.5 Å². The van der Waals surface area contributed by atoms with Crippen LogP contribution in [0.2, 0.25) is 0 Å². The van der Waals surface area contributed by atoms with Crippen LogP contribution in [0.15, 0.2) is 24.3 Å². The lowest BCUT2D eigenvalue weighted by Gasteiger charge is -2.16. The lowest BCUT2D eigenvalue weighted by atomic mass is 10.2. The van der Waals surface area contributed by atoms with Gasteiger partial charge in [-0.05, 0) is 24.6 Å². The summed E-state index contributed by atoms with van der Waals surface area (Å²) in [7, 11) is 1.61. The first kappa shape index (κ1) is 16.5. The highest BCUT2D eigenvalue weighted by molar-refractivity contribution is 5.55. The molecule has 1 aromatic rings. The molecule has 0 fully saturated rings. The van der Waals surface area contributed by atoms with E-state index in [1.54, 1.807) is 7.11 Å². The fourth-order valence-corrected chi connectivity index (χ4v) is 1.72. The summed E-state index contributed by atoms with van der Waals surface area (Å²) in [4.78, 5) is 0. The van der Waals surface area contributed by atoms with E-state index in [1.165, 1.54) is 0 Å². The van der Waals surface area contributed by atoms with Crippen molar-refractivity contribution in [2.75, 3.05) is 20.3 Å². The first-order chi connectivity index (χ1) is 9.56. The van der Waals surface area contributed by atoms with Gasteiger partial charge in [0.1, 0.15) is 12.7 Å². The second-order valence-corrected chi connectivity index (χ2v) is 4.94. The van der Waals surface area contributed by atoms with E-state index in [4.69, 9.17) is 9.47 Å². The zero-order valence-electron chi connectivity index (χ0n) is 12.7. The van der Waals surface area contributed by atoms with Crippen molar-refractivity contribution < 1.29 is 14.6 Å². The average molecular weight is 279 g/mol. The van der Waals surface area contributed by atoms with Gasteiger partial charge in [0.25, 0.3) is 0 Å². The zero-order chi connectivity index (χ0) is 15.0. The van der Waals surface area contributed by atoms with E-state index >= 15 is 0 Å². The summed E-state index contributed by atoms with van der Waals surface area (Å²) in [6, 6.07) is 6.07. The average Bonchev–Trinajstić information content (AvgIpc) is 2.43. The Morgan fingerprint density at radius 2 is 2.05 bits per heavy atom. The molecule has 0 spiro atoms. The van der Waals surface area contributed by atoms with Crippen molar-refractivity contribution in [3.05, 3.63) is 29.8 Å². The molecule has 0 amide bonds. The number of methoxy groups -OCH3 is 1. The lowest BCUT2D eigenvalue weighted by molar-refractivity contribution is 0.103. The van der Waals surface area contributed by atoms with E-state index in [0.29, 0.717) is 24.1 Å². The van der Waals surface area contributed by atoms with Gasteiger partial charge in [-0.1, -0.05) is 32.1 Å². The normalized spacial score (nSPS) is 12.9. The SMILES string of the molecule is CC=Cc1ccc(OC[C@H](O)CNC(C)C)c(OC)c1. The van der Waals surface area contributed by atoms with Crippen LogP contribution in [-0.2, 0) is 0 Å². The molecule has 4 nitrogen and oxygen atoms in total. The van der Waals surface area contributed by atoms with Crippen LogP contribution in [0.5, 0.6) is 11.5 Å². The second-order valence-electron chi connectivity index (χ2n) is 4.94. The maximum atomic E-state index is 9.82. The van der Waals surface area contributed by atoms with Crippen molar-refractivity contribution in [1.82, 2.24) is 5.32 Å². The fraction of sp³-hybridized carbons (Fsp3) is 0.500. The van der Waals surface area contributed by atoms with Crippen molar-refractivity contribution in [2.45, 2.75) is 32.9 Å². The maximum absolute atomic E-state index is 9.82. The van der Waals surface area contributed by atoms with Crippen LogP contribution in [-0.4, -0.2) is 37.5 Å². The van der Waals surface area contributed by atoms with Crippen LogP contribution < -0.4 is 14.8 Å². The first-order valence-corrected chi connectivity index (χ1v) is 6.91. The molecule has 0 aliphatic carbocycles. The molecular weight excluding hydrogens is 254 g/mol. The molecule has 4 heteroatoms. The molecule has 0 bridgehead atoms. The zero-order valence-corrected chi connectivity index (χ0v) is 12.7. The molecule has 1 aromatic carbocycles. The number of hydrogen-bond donors (Lipinski definition) is 2. The van der Waals surface area contributed by atoms with Gasteiger partial charge in [0, 0.05) is 12.6 Å². The van der Waals surface area contributed by atoms with Gasteiger partial charge in [-0.2, -0.15) is 0 Å². The molecule has 1 atom stereocenters. The number of allylic oxidation sites excluding steroid dienone is 1. The monoisotopic (exact) mass is 279 g/mol. The maximum Gasteiger partial charge on any atom is 0.161 e. The first-order valence-electron chi connectivity index (χ1n) is 6.91. The Balaban J connectivity index is 2.58. The second kappa shape index (κ2) is 8.61. The fourth-order valence-electron chi connectivity index (χ4n) is 1.72. The van der Waals surface area contributed by atoms with Crippen LogP contribution in [0.25, 0.3) is 6.08 Å². The molecule has 0 aliphatic heterocycles. The van der Waals surface area contributed by atoms with Crippen LogP contribution in [0.1, 0.15) is 26.3 Å². The lowest BCUT2D eigenvalue weighted by Crippen LogP contribution is -2.35. The molecule has 2 N–H and O–H groups in total. The minimum absolute atomic E-state index is 0.235. The Labute approximate surface area is 121 Å². The third-order valence-electron chi connectivity index (χ3n) is 2.74. The Hall–Kier alpha value is -1.52. The van der Waals surface area contributed by atoms with E-state index in [0.717, 1.165) is 5.56 Å². The highest BCUT2D eigenvalue weighted by atomic mass is 16.5. The predicted octanol–water partition coefficient (Wildman–Crippen LogP) is 2.47. The summed E-state index contributed by atoms with van der Waals surface area (Å²) >= 11 is 0. The Morgan fingerprint density at radius 3 is 2.65 bits per heavy atom. The molecule has 0 aliphatic rings. The van der Waals surface area contributed by atoms with E-state index in [-0.39, 0.29) is 6.61 Å². The standard InChI is InChI=1S/C16H25NO3/c1-5-6-13-7-8-15(16(9-13)19-4)20-11-14(18)10-17-12(2)3/h5-9,12,14,17-18H,10-11H2,1-4H3/t14-/m1/s1. The van der Waals surface area contributed by atoms with Crippen molar-refractivity contribution in [2.24, 2.45) is 0 Å². The molecule has 112 valence electrons. The van der Waals surface area contributed by atoms with E-state index in [2.05, 4.69) is 5.32 Å². The number of aliphatic hydroxyl groups excluding tert-OH is 1. The number of benzene rings is 1. The number of aliphatic hydroxyl groups is 1. The third kappa shape index (κ3) is 5.63. The van der Waals surface area contributed by atoms with Crippen molar-refractivity contribution in [1.29, 1.82) is 0 Å². The molecule has 0 saturated carbocycles. The molecule has 0 heterocycles. The summed E-state index contributed by atoms with van der Waals surface area (Å²) in [6.45, 7) is 6.79. The van der Waals surface area contributed by atoms with Gasteiger partial charge >= 0.3 is 0 Å². The molecule has 1 rings (SSSR count). The molecule has 0 unspecified atom stereocenters. The molecule has 0 aromatic heterocycles. The molecular formula is C16H25NO3. The van der Waals surface area contributed by atoms with Crippen molar-refractivity contribution >= 4 is 6.08 Å². The van der Waals surface area contributed by atoms with Crippen LogP contribution in [0.3, 0.4) is 0 Å². The van der Waals surface area contributed by atoms with Crippen LogP contribution >= 0.6 is 0 Å². The van der Waals surface area contributed by atoms with Crippen LogP contribution in [0.4, 0.5) is 0 Å². The summed E-state index contributed by atoms with van der Waals surface area (Å²) in [6.07, 6.45) is 3.42. The predicted molar refractivity (Wildman–Crippen MR) is 82.3 cm³/mol. The van der Waals surface area contributed by atoms with E-state index < -0.39 is 6.10 Å². The quantitative estimate of drug-likeness (QED) is 0.767. The van der Waals surface area contributed by atoms with Gasteiger partial charge in [-0.15, -0.1) is 0 Å². The van der Waals surface area contributed by atoms with Gasteiger partial charge in [-0.3, -0.25) is 0 Å². The third-order valence-corrected chi connectivity index (χ3v) is 2.74. The van der Waals surface area contributed by atoms with Gasteiger partial charge in [0.15, 0.2) is 11.5 Å². The number of nitrogens with one attached hydrogen (secondary N) is 1. The Bertz CT molecular complexity index is 430.